The van der Waals surface area contributed by atoms with E-state index in [1.54, 1.807) is 7.05 Å². The second kappa shape index (κ2) is 3.83. The van der Waals surface area contributed by atoms with Gasteiger partial charge in [0.25, 0.3) is 5.91 Å². The molecule has 0 atom stereocenters. The van der Waals surface area contributed by atoms with E-state index in [0.717, 1.165) is 25.7 Å². The number of imide groups is 1. The number of likely N-dealkylation sites (N-methyl/N-ethyl adjacent to an activating group) is 1. The first-order valence-electron chi connectivity index (χ1n) is 5.76. The van der Waals surface area contributed by atoms with Gasteiger partial charge in [-0.1, -0.05) is 32.1 Å². The van der Waals surface area contributed by atoms with Crippen molar-refractivity contribution in [3.63, 3.8) is 0 Å². The number of carbonyl (C=O) groups is 2. The van der Waals surface area contributed by atoms with Crippen molar-refractivity contribution in [1.29, 1.82) is 0 Å². The molecule has 84 valence electrons. The average molecular weight is 210 g/mol. The highest BCUT2D eigenvalue weighted by molar-refractivity contribution is 6.06. The third-order valence-corrected chi connectivity index (χ3v) is 3.57. The molecule has 2 fully saturated rings. The number of carbonyl (C=O) groups excluding carboxylic acids is 2. The van der Waals surface area contributed by atoms with Crippen LogP contribution in [-0.2, 0) is 4.79 Å². The summed E-state index contributed by atoms with van der Waals surface area (Å²) in [6.45, 7) is 0. The molecule has 1 N–H and O–H groups in total. The van der Waals surface area contributed by atoms with Gasteiger partial charge in [0.1, 0.15) is 5.54 Å². The summed E-state index contributed by atoms with van der Waals surface area (Å²) in [5.41, 5.74) is -0.563. The van der Waals surface area contributed by atoms with Crippen LogP contribution in [0.3, 0.4) is 0 Å². The van der Waals surface area contributed by atoms with E-state index in [0.29, 0.717) is 0 Å². The number of hydrogen-bond acceptors (Lipinski definition) is 2. The Hall–Kier alpha value is -1.06. The Bertz CT molecular complexity index is 280. The summed E-state index contributed by atoms with van der Waals surface area (Å²) < 4.78 is 0. The molecular weight excluding hydrogens is 192 g/mol. The van der Waals surface area contributed by atoms with Crippen LogP contribution in [-0.4, -0.2) is 29.4 Å². The average Bonchev–Trinajstić information content (AvgIpc) is 2.39. The maximum Gasteiger partial charge on any atom is 0.324 e. The Kier molecular flexibility index (Phi) is 2.67. The number of nitrogens with one attached hydrogen (secondary N) is 1. The van der Waals surface area contributed by atoms with Gasteiger partial charge in [0, 0.05) is 7.05 Å². The number of urea groups is 1. The molecule has 0 unspecified atom stereocenters. The predicted octanol–water partition coefficient (Wildman–Crippen LogP) is 1.65. The molecule has 2 aliphatic rings. The third kappa shape index (κ3) is 1.73. The minimum atomic E-state index is -0.563. The third-order valence-electron chi connectivity index (χ3n) is 3.57. The zero-order valence-corrected chi connectivity index (χ0v) is 9.21. The van der Waals surface area contributed by atoms with Crippen molar-refractivity contribution in [2.24, 2.45) is 0 Å². The molecule has 2 rings (SSSR count). The van der Waals surface area contributed by atoms with E-state index in [2.05, 4.69) is 5.32 Å². The highest BCUT2D eigenvalue weighted by atomic mass is 16.2. The highest BCUT2D eigenvalue weighted by Gasteiger charge is 2.48. The molecule has 1 heterocycles. The number of hydrogen-bond donors (Lipinski definition) is 1. The molecule has 0 radical (unpaired) electrons. The molecule has 1 spiro atoms. The Labute approximate surface area is 90.0 Å². The smallest absolute Gasteiger partial charge is 0.323 e. The van der Waals surface area contributed by atoms with Gasteiger partial charge in [-0.2, -0.15) is 0 Å². The molecule has 0 aromatic rings. The first-order valence-corrected chi connectivity index (χ1v) is 5.76. The van der Waals surface area contributed by atoms with Crippen molar-refractivity contribution in [3.05, 3.63) is 0 Å². The van der Waals surface area contributed by atoms with Crippen LogP contribution in [0.1, 0.15) is 44.9 Å². The van der Waals surface area contributed by atoms with Gasteiger partial charge < -0.3 is 5.32 Å². The summed E-state index contributed by atoms with van der Waals surface area (Å²) in [6, 6.07) is -0.236. The molecular formula is C11H18N2O2. The summed E-state index contributed by atoms with van der Waals surface area (Å²) in [4.78, 5) is 24.7. The maximum atomic E-state index is 12.0. The van der Waals surface area contributed by atoms with E-state index in [1.165, 1.54) is 24.2 Å². The fourth-order valence-corrected chi connectivity index (χ4v) is 2.60. The lowest BCUT2D eigenvalue weighted by Crippen LogP contribution is -2.47. The minimum absolute atomic E-state index is 0.0330. The lowest BCUT2D eigenvalue weighted by atomic mass is 9.84. The van der Waals surface area contributed by atoms with Crippen molar-refractivity contribution in [2.75, 3.05) is 7.05 Å². The number of amides is 3. The van der Waals surface area contributed by atoms with Crippen LogP contribution in [0.5, 0.6) is 0 Å². The molecule has 0 aromatic carbocycles. The van der Waals surface area contributed by atoms with Crippen molar-refractivity contribution < 1.29 is 9.59 Å². The Morgan fingerprint density at radius 1 is 1.07 bits per heavy atom. The fraction of sp³-hybridized carbons (Fsp3) is 0.818. The van der Waals surface area contributed by atoms with E-state index < -0.39 is 5.54 Å². The van der Waals surface area contributed by atoms with Gasteiger partial charge in [-0.25, -0.2) is 4.79 Å². The maximum absolute atomic E-state index is 12.0. The van der Waals surface area contributed by atoms with Gasteiger partial charge in [-0.05, 0) is 12.8 Å². The van der Waals surface area contributed by atoms with Crippen LogP contribution in [0.2, 0.25) is 0 Å². The number of nitrogens with zero attached hydrogens (tertiary/aromatic N) is 1. The predicted molar refractivity (Wildman–Crippen MR) is 56.4 cm³/mol. The zero-order chi connectivity index (χ0) is 10.9. The van der Waals surface area contributed by atoms with Gasteiger partial charge >= 0.3 is 6.03 Å². The fourth-order valence-electron chi connectivity index (χ4n) is 2.60. The normalized spacial score (nSPS) is 26.3. The molecule has 4 heteroatoms. The van der Waals surface area contributed by atoms with Gasteiger partial charge in [-0.3, -0.25) is 9.69 Å². The summed E-state index contributed by atoms with van der Waals surface area (Å²) in [7, 11) is 1.56. The van der Waals surface area contributed by atoms with E-state index in [1.807, 2.05) is 0 Å². The highest BCUT2D eigenvalue weighted by Crippen LogP contribution is 2.31. The summed E-state index contributed by atoms with van der Waals surface area (Å²) in [5, 5.41) is 2.87. The second-order valence-electron chi connectivity index (χ2n) is 4.64. The Morgan fingerprint density at radius 3 is 2.07 bits per heavy atom. The monoisotopic (exact) mass is 210 g/mol. The quantitative estimate of drug-likeness (QED) is 0.618. The molecule has 1 aliphatic carbocycles. The van der Waals surface area contributed by atoms with E-state index in [-0.39, 0.29) is 11.9 Å². The van der Waals surface area contributed by atoms with Gasteiger partial charge in [0.05, 0.1) is 0 Å². The summed E-state index contributed by atoms with van der Waals surface area (Å²) in [6.07, 6.45) is 7.31. The molecule has 0 aromatic heterocycles. The van der Waals surface area contributed by atoms with E-state index in [4.69, 9.17) is 0 Å². The first kappa shape index (κ1) is 10.5. The van der Waals surface area contributed by atoms with Crippen molar-refractivity contribution in [3.8, 4) is 0 Å². The van der Waals surface area contributed by atoms with Gasteiger partial charge in [0.2, 0.25) is 0 Å². The van der Waals surface area contributed by atoms with Crippen LogP contribution < -0.4 is 5.32 Å². The van der Waals surface area contributed by atoms with Crippen molar-refractivity contribution >= 4 is 11.9 Å². The van der Waals surface area contributed by atoms with Crippen LogP contribution in [0.25, 0.3) is 0 Å². The molecule has 1 aliphatic heterocycles. The standard InChI is InChI=1S/C11H18N2O2/c1-13-9(14)11(12-10(13)15)7-5-3-2-4-6-8-11/h2-8H2,1H3,(H,12,15). The topological polar surface area (TPSA) is 49.4 Å². The lowest BCUT2D eigenvalue weighted by Gasteiger charge is -2.28. The minimum Gasteiger partial charge on any atom is -0.323 e. The van der Waals surface area contributed by atoms with Crippen molar-refractivity contribution in [2.45, 2.75) is 50.5 Å². The number of rotatable bonds is 0. The molecule has 1 saturated carbocycles. The van der Waals surface area contributed by atoms with Crippen LogP contribution in [0.15, 0.2) is 0 Å². The first-order chi connectivity index (χ1) is 7.16. The van der Waals surface area contributed by atoms with E-state index >= 15 is 0 Å². The molecule has 0 bridgehead atoms. The van der Waals surface area contributed by atoms with Crippen molar-refractivity contribution in [1.82, 2.24) is 10.2 Å². The molecule has 1 saturated heterocycles. The SMILES string of the molecule is CN1C(=O)NC2(CCCCCCC2)C1=O. The van der Waals surface area contributed by atoms with Crippen LogP contribution in [0.4, 0.5) is 4.79 Å². The summed E-state index contributed by atoms with van der Waals surface area (Å²) in [5.74, 6) is -0.0330. The second-order valence-corrected chi connectivity index (χ2v) is 4.64. The summed E-state index contributed by atoms with van der Waals surface area (Å²) >= 11 is 0. The van der Waals surface area contributed by atoms with E-state index in [9.17, 15) is 9.59 Å². The Morgan fingerprint density at radius 2 is 1.60 bits per heavy atom. The van der Waals surface area contributed by atoms with Gasteiger partial charge in [-0.15, -0.1) is 0 Å². The zero-order valence-electron chi connectivity index (χ0n) is 9.21. The Balaban J connectivity index is 2.16. The molecule has 3 amide bonds. The molecule has 15 heavy (non-hydrogen) atoms. The van der Waals surface area contributed by atoms with Gasteiger partial charge in [0.15, 0.2) is 0 Å². The van der Waals surface area contributed by atoms with Crippen LogP contribution >= 0.6 is 0 Å². The van der Waals surface area contributed by atoms with Crippen LogP contribution in [0, 0.1) is 0 Å². The molecule has 4 nitrogen and oxygen atoms in total. The lowest BCUT2D eigenvalue weighted by molar-refractivity contribution is -0.131. The largest absolute Gasteiger partial charge is 0.324 e.